The molecule has 0 amide bonds. The molecule has 14 heavy (non-hydrogen) atoms. The number of rotatable bonds is 2. The number of hydrogen-bond acceptors (Lipinski definition) is 4. The first-order chi connectivity index (χ1) is 6.86. The summed E-state index contributed by atoms with van der Waals surface area (Å²) in [6.45, 7) is 0.843. The van der Waals surface area contributed by atoms with Gasteiger partial charge >= 0.3 is 0 Å². The van der Waals surface area contributed by atoms with Crippen LogP contribution >= 0.6 is 23.5 Å². The third-order valence-corrected chi connectivity index (χ3v) is 4.07. The maximum atomic E-state index is 8.44. The van der Waals surface area contributed by atoms with Gasteiger partial charge in [0, 0.05) is 5.25 Å². The molecule has 0 aliphatic carbocycles. The lowest BCUT2D eigenvalue weighted by atomic mass is 10.2. The fraction of sp³-hybridized carbons (Fsp3) is 0.778. The zero-order chi connectivity index (χ0) is 10.2. The van der Waals surface area contributed by atoms with Crippen molar-refractivity contribution in [1.29, 1.82) is 5.26 Å². The molecule has 0 aromatic carbocycles. The van der Waals surface area contributed by atoms with Gasteiger partial charge in [0.15, 0.2) is 11.4 Å². The van der Waals surface area contributed by atoms with Crippen molar-refractivity contribution in [3.8, 4) is 6.19 Å². The maximum Gasteiger partial charge on any atom is 0.183 e. The SMILES string of the molecule is CSC(=NCC1CCCCS1)NC#N. The van der Waals surface area contributed by atoms with E-state index in [-0.39, 0.29) is 0 Å². The standard InChI is InChI=1S/C9H15N3S2/c1-13-9(12-7-10)11-6-8-4-2-3-5-14-8/h8H,2-6H2,1H3,(H,11,12). The summed E-state index contributed by atoms with van der Waals surface area (Å²) in [7, 11) is 0. The van der Waals surface area contributed by atoms with Gasteiger partial charge in [-0.15, -0.1) is 0 Å². The van der Waals surface area contributed by atoms with Crippen molar-refractivity contribution < 1.29 is 0 Å². The molecule has 0 spiro atoms. The van der Waals surface area contributed by atoms with Crippen LogP contribution in [-0.4, -0.2) is 29.0 Å². The second kappa shape index (κ2) is 7.02. The van der Waals surface area contributed by atoms with Gasteiger partial charge in [0.1, 0.15) is 0 Å². The lowest BCUT2D eigenvalue weighted by molar-refractivity contribution is 0.668. The molecule has 1 fully saturated rings. The molecule has 3 nitrogen and oxygen atoms in total. The fourth-order valence-electron chi connectivity index (χ4n) is 1.34. The third kappa shape index (κ3) is 4.25. The number of nitrogens with zero attached hydrogens (tertiary/aromatic N) is 2. The van der Waals surface area contributed by atoms with Crippen molar-refractivity contribution in [2.24, 2.45) is 4.99 Å². The van der Waals surface area contributed by atoms with Crippen LogP contribution in [0.3, 0.4) is 0 Å². The van der Waals surface area contributed by atoms with Crippen LogP contribution in [0.2, 0.25) is 0 Å². The van der Waals surface area contributed by atoms with Crippen LogP contribution in [0.4, 0.5) is 0 Å². The Morgan fingerprint density at radius 2 is 2.57 bits per heavy atom. The second-order valence-corrected chi connectivity index (χ2v) is 5.28. The first-order valence-corrected chi connectivity index (χ1v) is 6.99. The minimum absolute atomic E-state index is 0.659. The topological polar surface area (TPSA) is 48.2 Å². The molecule has 1 saturated heterocycles. The highest BCUT2D eigenvalue weighted by atomic mass is 32.2. The van der Waals surface area contributed by atoms with Gasteiger partial charge in [0.25, 0.3) is 0 Å². The van der Waals surface area contributed by atoms with Crippen molar-refractivity contribution in [3.05, 3.63) is 0 Å². The van der Waals surface area contributed by atoms with Gasteiger partial charge < -0.3 is 0 Å². The molecule has 0 aromatic heterocycles. The molecule has 1 heterocycles. The Labute approximate surface area is 93.7 Å². The van der Waals surface area contributed by atoms with Crippen molar-refractivity contribution in [3.63, 3.8) is 0 Å². The Hall–Kier alpha value is -0.340. The number of nitrogens with one attached hydrogen (secondary N) is 1. The zero-order valence-electron chi connectivity index (χ0n) is 8.32. The van der Waals surface area contributed by atoms with Crippen LogP contribution in [0.1, 0.15) is 19.3 Å². The van der Waals surface area contributed by atoms with Gasteiger partial charge in [-0.2, -0.15) is 17.0 Å². The summed E-state index contributed by atoms with van der Waals surface area (Å²) < 4.78 is 0. The minimum atomic E-state index is 0.659. The average molecular weight is 229 g/mol. The van der Waals surface area contributed by atoms with E-state index in [0.717, 1.165) is 11.7 Å². The first-order valence-electron chi connectivity index (χ1n) is 4.72. The van der Waals surface area contributed by atoms with Crippen molar-refractivity contribution >= 4 is 28.7 Å². The molecule has 1 unspecified atom stereocenters. The van der Waals surface area contributed by atoms with Crippen LogP contribution in [0.15, 0.2) is 4.99 Å². The van der Waals surface area contributed by atoms with E-state index < -0.39 is 0 Å². The fourth-order valence-corrected chi connectivity index (χ4v) is 2.91. The molecule has 0 radical (unpaired) electrons. The molecule has 78 valence electrons. The van der Waals surface area contributed by atoms with Crippen molar-refractivity contribution in [1.82, 2.24) is 5.32 Å². The van der Waals surface area contributed by atoms with E-state index >= 15 is 0 Å². The summed E-state index contributed by atoms with van der Waals surface area (Å²) in [4.78, 5) is 4.38. The third-order valence-electron chi connectivity index (χ3n) is 2.07. The zero-order valence-corrected chi connectivity index (χ0v) is 9.96. The van der Waals surface area contributed by atoms with Crippen LogP contribution in [0.25, 0.3) is 0 Å². The van der Waals surface area contributed by atoms with E-state index in [0.29, 0.717) is 5.25 Å². The summed E-state index contributed by atoms with van der Waals surface area (Å²) in [5, 5.41) is 12.4. The Morgan fingerprint density at radius 3 is 3.14 bits per heavy atom. The normalized spacial score (nSPS) is 22.9. The monoisotopic (exact) mass is 229 g/mol. The molecular weight excluding hydrogens is 214 g/mol. The predicted molar refractivity (Wildman–Crippen MR) is 64.7 cm³/mol. The van der Waals surface area contributed by atoms with Gasteiger partial charge in [-0.1, -0.05) is 18.2 Å². The molecule has 0 aromatic rings. The highest BCUT2D eigenvalue weighted by Crippen LogP contribution is 2.25. The molecule has 0 bridgehead atoms. The lowest BCUT2D eigenvalue weighted by Crippen LogP contribution is -2.18. The first kappa shape index (κ1) is 11.7. The van der Waals surface area contributed by atoms with Gasteiger partial charge in [-0.05, 0) is 24.9 Å². The quantitative estimate of drug-likeness (QED) is 0.341. The molecule has 5 heteroatoms. The highest BCUT2D eigenvalue weighted by Gasteiger charge is 2.13. The maximum absolute atomic E-state index is 8.44. The Kier molecular flexibility index (Phi) is 5.88. The number of nitriles is 1. The molecule has 1 atom stereocenters. The minimum Gasteiger partial charge on any atom is -0.272 e. The van der Waals surface area contributed by atoms with Gasteiger partial charge in [0.05, 0.1) is 6.54 Å². The molecule has 1 aliphatic heterocycles. The summed E-state index contributed by atoms with van der Waals surface area (Å²) >= 11 is 3.50. The van der Waals surface area contributed by atoms with Gasteiger partial charge in [-0.25, -0.2) is 0 Å². The molecule has 0 saturated carbocycles. The summed E-state index contributed by atoms with van der Waals surface area (Å²) in [5.41, 5.74) is 0. The number of amidine groups is 1. The van der Waals surface area contributed by atoms with Crippen LogP contribution in [0, 0.1) is 11.5 Å². The van der Waals surface area contributed by atoms with E-state index in [4.69, 9.17) is 5.26 Å². The van der Waals surface area contributed by atoms with E-state index in [1.807, 2.05) is 24.2 Å². The largest absolute Gasteiger partial charge is 0.272 e. The second-order valence-electron chi connectivity index (χ2n) is 3.08. The van der Waals surface area contributed by atoms with E-state index in [9.17, 15) is 0 Å². The lowest BCUT2D eigenvalue weighted by Gasteiger charge is -2.19. The Bertz CT molecular complexity index is 229. The Morgan fingerprint density at radius 1 is 1.71 bits per heavy atom. The van der Waals surface area contributed by atoms with Crippen LogP contribution < -0.4 is 5.32 Å². The van der Waals surface area contributed by atoms with Gasteiger partial charge in [0.2, 0.25) is 0 Å². The molecule has 1 N–H and O–H groups in total. The van der Waals surface area contributed by atoms with Crippen molar-refractivity contribution in [2.45, 2.75) is 24.5 Å². The van der Waals surface area contributed by atoms with E-state index in [1.54, 1.807) is 0 Å². The van der Waals surface area contributed by atoms with Crippen LogP contribution in [0.5, 0.6) is 0 Å². The van der Waals surface area contributed by atoms with Crippen molar-refractivity contribution in [2.75, 3.05) is 18.6 Å². The number of hydrogen-bond donors (Lipinski definition) is 1. The molecule has 1 aliphatic rings. The predicted octanol–water partition coefficient (Wildman–Crippen LogP) is 2.06. The molecule has 1 rings (SSSR count). The summed E-state index contributed by atoms with van der Waals surface area (Å²) in [6, 6.07) is 0. The average Bonchev–Trinajstić information content (AvgIpc) is 2.25. The van der Waals surface area contributed by atoms with Crippen LogP contribution in [-0.2, 0) is 0 Å². The van der Waals surface area contributed by atoms with Gasteiger partial charge in [-0.3, -0.25) is 10.3 Å². The highest BCUT2D eigenvalue weighted by molar-refractivity contribution is 8.13. The number of aliphatic imine (C=N–C) groups is 1. The van der Waals surface area contributed by atoms with E-state index in [2.05, 4.69) is 10.3 Å². The molecular formula is C9H15N3S2. The van der Waals surface area contributed by atoms with E-state index in [1.165, 1.54) is 36.8 Å². The summed E-state index contributed by atoms with van der Waals surface area (Å²) in [5.74, 6) is 1.26. The summed E-state index contributed by atoms with van der Waals surface area (Å²) in [6.07, 6.45) is 7.76. The smallest absolute Gasteiger partial charge is 0.183 e. The Balaban J connectivity index is 2.31. The number of thioether (sulfide) groups is 2.